The second-order valence-electron chi connectivity index (χ2n) is 5.59. The topological polar surface area (TPSA) is 72.4 Å². The van der Waals surface area contributed by atoms with Gasteiger partial charge in [0.1, 0.15) is 0 Å². The number of furan rings is 1. The third-order valence-electron chi connectivity index (χ3n) is 3.96. The average Bonchev–Trinajstić information content (AvgIpc) is 3.17. The Labute approximate surface area is 132 Å². The number of amides is 1. The molecule has 0 radical (unpaired) electrons. The number of carbonyl (C=O) groups is 1. The summed E-state index contributed by atoms with van der Waals surface area (Å²) in [6.07, 6.45) is 1.99. The van der Waals surface area contributed by atoms with Crippen molar-refractivity contribution < 1.29 is 13.7 Å². The summed E-state index contributed by atoms with van der Waals surface area (Å²) >= 11 is 0. The second-order valence-corrected chi connectivity index (χ2v) is 5.59. The lowest BCUT2D eigenvalue weighted by Crippen LogP contribution is -2.49. The molecular weight excluding hydrogens is 294 g/mol. The van der Waals surface area contributed by atoms with Gasteiger partial charge in [0.15, 0.2) is 5.76 Å². The summed E-state index contributed by atoms with van der Waals surface area (Å²) in [5.41, 5.74) is 1.03. The maximum absolute atomic E-state index is 12.2. The molecule has 1 amide bonds. The first-order chi connectivity index (χ1) is 11.3. The van der Waals surface area contributed by atoms with Crippen LogP contribution in [0.25, 0.3) is 11.6 Å². The molecule has 3 heterocycles. The lowest BCUT2D eigenvalue weighted by atomic mass is 9.99. The minimum Gasteiger partial charge on any atom is -0.461 e. The van der Waals surface area contributed by atoms with Crippen LogP contribution in [-0.2, 0) is 11.2 Å². The Morgan fingerprint density at radius 3 is 2.74 bits per heavy atom. The van der Waals surface area contributed by atoms with Crippen molar-refractivity contribution in [1.29, 1.82) is 0 Å². The van der Waals surface area contributed by atoms with Crippen LogP contribution in [0, 0.1) is 0 Å². The Kier molecular flexibility index (Phi) is 3.42. The molecule has 4 rings (SSSR count). The molecule has 1 aromatic carbocycles. The van der Waals surface area contributed by atoms with Gasteiger partial charge in [-0.15, -0.1) is 0 Å². The molecule has 116 valence electrons. The summed E-state index contributed by atoms with van der Waals surface area (Å²) in [5.74, 6) is 1.81. The quantitative estimate of drug-likeness (QED) is 0.740. The summed E-state index contributed by atoms with van der Waals surface area (Å²) < 4.78 is 10.5. The van der Waals surface area contributed by atoms with Gasteiger partial charge in [-0.25, -0.2) is 0 Å². The maximum Gasteiger partial charge on any atom is 0.238 e. The summed E-state index contributed by atoms with van der Waals surface area (Å²) in [6.45, 7) is 1.23. The molecule has 1 aliphatic rings. The molecule has 2 aromatic heterocycles. The predicted octanol–water partition coefficient (Wildman–Crippen LogP) is 2.50. The van der Waals surface area contributed by atoms with Gasteiger partial charge in [0.25, 0.3) is 0 Å². The van der Waals surface area contributed by atoms with Crippen LogP contribution in [0.1, 0.15) is 17.4 Å². The Bertz CT molecular complexity index is 790. The van der Waals surface area contributed by atoms with Crippen molar-refractivity contribution >= 4 is 5.91 Å². The highest BCUT2D eigenvalue weighted by Crippen LogP contribution is 2.28. The van der Waals surface area contributed by atoms with Crippen molar-refractivity contribution in [2.24, 2.45) is 0 Å². The summed E-state index contributed by atoms with van der Waals surface area (Å²) in [7, 11) is 0. The van der Waals surface area contributed by atoms with Crippen molar-refractivity contribution in [2.45, 2.75) is 12.3 Å². The smallest absolute Gasteiger partial charge is 0.238 e. The number of likely N-dealkylation sites (tertiary alicyclic amines) is 1. The minimum absolute atomic E-state index is 0.103. The van der Waals surface area contributed by atoms with E-state index in [4.69, 9.17) is 8.94 Å². The molecule has 0 N–H and O–H groups in total. The maximum atomic E-state index is 12.2. The van der Waals surface area contributed by atoms with E-state index >= 15 is 0 Å². The van der Waals surface area contributed by atoms with Crippen LogP contribution in [0.2, 0.25) is 0 Å². The standard InChI is InChI=1S/C17H15N3O3/c21-15(9-12-5-2-1-3-6-12)20-10-13(11-20)17-18-16(19-23-17)14-7-4-8-22-14/h1-8,13H,9-11H2. The Balaban J connectivity index is 1.35. The Morgan fingerprint density at radius 1 is 1.17 bits per heavy atom. The predicted molar refractivity (Wildman–Crippen MR) is 81.5 cm³/mol. The van der Waals surface area contributed by atoms with Crippen LogP contribution in [0.3, 0.4) is 0 Å². The average molecular weight is 309 g/mol. The van der Waals surface area contributed by atoms with Gasteiger partial charge in [0.05, 0.1) is 18.6 Å². The SMILES string of the molecule is O=C(Cc1ccccc1)N1CC(c2nc(-c3ccco3)no2)C1. The summed E-state index contributed by atoms with van der Waals surface area (Å²) in [4.78, 5) is 18.4. The largest absolute Gasteiger partial charge is 0.461 e. The van der Waals surface area contributed by atoms with Gasteiger partial charge >= 0.3 is 0 Å². The van der Waals surface area contributed by atoms with E-state index in [1.807, 2.05) is 35.2 Å². The van der Waals surface area contributed by atoms with E-state index in [1.165, 1.54) is 0 Å². The number of nitrogens with zero attached hydrogens (tertiary/aromatic N) is 3. The molecule has 6 heteroatoms. The van der Waals surface area contributed by atoms with Crippen LogP contribution < -0.4 is 0 Å². The van der Waals surface area contributed by atoms with Gasteiger partial charge in [0.2, 0.25) is 17.6 Å². The lowest BCUT2D eigenvalue weighted by Gasteiger charge is -2.37. The Morgan fingerprint density at radius 2 is 2.00 bits per heavy atom. The molecule has 0 aliphatic carbocycles. The molecular formula is C17H15N3O3. The molecule has 1 saturated heterocycles. The van der Waals surface area contributed by atoms with Gasteiger partial charge < -0.3 is 13.8 Å². The van der Waals surface area contributed by atoms with E-state index in [0.29, 0.717) is 37.0 Å². The van der Waals surface area contributed by atoms with Crippen LogP contribution in [-0.4, -0.2) is 34.0 Å². The first-order valence-electron chi connectivity index (χ1n) is 7.49. The van der Waals surface area contributed by atoms with Crippen molar-refractivity contribution in [3.05, 3.63) is 60.2 Å². The Hall–Kier alpha value is -2.89. The monoisotopic (exact) mass is 309 g/mol. The van der Waals surface area contributed by atoms with Crippen molar-refractivity contribution in [3.63, 3.8) is 0 Å². The first-order valence-corrected chi connectivity index (χ1v) is 7.49. The molecule has 1 fully saturated rings. The van der Waals surface area contributed by atoms with Gasteiger partial charge in [-0.1, -0.05) is 35.5 Å². The van der Waals surface area contributed by atoms with Crippen LogP contribution >= 0.6 is 0 Å². The zero-order chi connectivity index (χ0) is 15.6. The molecule has 0 saturated carbocycles. The number of carbonyl (C=O) groups excluding carboxylic acids is 1. The zero-order valence-corrected chi connectivity index (χ0v) is 12.4. The third-order valence-corrected chi connectivity index (χ3v) is 3.96. The highest BCUT2D eigenvalue weighted by Gasteiger charge is 2.35. The van der Waals surface area contributed by atoms with Gasteiger partial charge in [0, 0.05) is 13.1 Å². The van der Waals surface area contributed by atoms with Crippen LogP contribution in [0.4, 0.5) is 0 Å². The number of hydrogen-bond acceptors (Lipinski definition) is 5. The lowest BCUT2D eigenvalue weighted by molar-refractivity contribution is -0.135. The van der Waals surface area contributed by atoms with Gasteiger partial charge in [-0.05, 0) is 17.7 Å². The van der Waals surface area contributed by atoms with Crippen molar-refractivity contribution in [1.82, 2.24) is 15.0 Å². The normalized spacial score (nSPS) is 14.7. The molecule has 3 aromatic rings. The van der Waals surface area contributed by atoms with E-state index in [2.05, 4.69) is 10.1 Å². The highest BCUT2D eigenvalue weighted by molar-refractivity contribution is 5.79. The van der Waals surface area contributed by atoms with Crippen LogP contribution in [0.15, 0.2) is 57.7 Å². The molecule has 0 unspecified atom stereocenters. The number of rotatable bonds is 4. The number of aromatic nitrogens is 2. The molecule has 1 aliphatic heterocycles. The van der Waals surface area contributed by atoms with E-state index < -0.39 is 0 Å². The second kappa shape index (κ2) is 5.72. The molecule has 23 heavy (non-hydrogen) atoms. The fourth-order valence-electron chi connectivity index (χ4n) is 2.63. The third kappa shape index (κ3) is 2.75. The molecule has 0 spiro atoms. The minimum atomic E-state index is 0.103. The summed E-state index contributed by atoms with van der Waals surface area (Å²) in [5, 5.41) is 3.92. The van der Waals surface area contributed by atoms with E-state index in [9.17, 15) is 4.79 Å². The fourth-order valence-corrected chi connectivity index (χ4v) is 2.63. The molecule has 6 nitrogen and oxygen atoms in total. The van der Waals surface area contributed by atoms with E-state index in [1.54, 1.807) is 18.4 Å². The highest BCUT2D eigenvalue weighted by atomic mass is 16.5. The molecule has 0 bridgehead atoms. The van der Waals surface area contributed by atoms with Crippen molar-refractivity contribution in [2.75, 3.05) is 13.1 Å². The van der Waals surface area contributed by atoms with Gasteiger partial charge in [-0.2, -0.15) is 4.98 Å². The van der Waals surface area contributed by atoms with Crippen LogP contribution in [0.5, 0.6) is 0 Å². The summed E-state index contributed by atoms with van der Waals surface area (Å²) in [6, 6.07) is 13.3. The molecule has 0 atom stereocenters. The van der Waals surface area contributed by atoms with Crippen molar-refractivity contribution in [3.8, 4) is 11.6 Å². The zero-order valence-electron chi connectivity index (χ0n) is 12.4. The fraction of sp³-hybridized carbons (Fsp3) is 0.235. The van der Waals surface area contributed by atoms with Gasteiger partial charge in [-0.3, -0.25) is 4.79 Å². The van der Waals surface area contributed by atoms with E-state index in [-0.39, 0.29) is 11.8 Å². The van der Waals surface area contributed by atoms with E-state index in [0.717, 1.165) is 5.56 Å². The number of hydrogen-bond donors (Lipinski definition) is 0. The number of benzene rings is 1. The first kappa shape index (κ1) is 13.8.